The van der Waals surface area contributed by atoms with Crippen molar-refractivity contribution < 1.29 is 13.5 Å². The molecule has 0 saturated heterocycles. The molecule has 0 unspecified atom stereocenters. The van der Waals surface area contributed by atoms with Crippen molar-refractivity contribution >= 4 is 10.0 Å². The Morgan fingerprint density at radius 2 is 1.89 bits per heavy atom. The van der Waals surface area contributed by atoms with Gasteiger partial charge in [-0.25, -0.2) is 12.7 Å². The minimum Gasteiger partial charge on any atom is -0.392 e. The molecule has 0 amide bonds. The average Bonchev–Trinajstić information content (AvgIpc) is 2.27. The first kappa shape index (κ1) is 15.1. The maximum absolute atomic E-state index is 12.3. The molecule has 4 nitrogen and oxygen atoms in total. The Balaban J connectivity index is 3.05. The van der Waals surface area contributed by atoms with Crippen LogP contribution in [0.5, 0.6) is 0 Å². The van der Waals surface area contributed by atoms with Crippen LogP contribution in [0.4, 0.5) is 0 Å². The van der Waals surface area contributed by atoms with Gasteiger partial charge in [-0.15, -0.1) is 0 Å². The van der Waals surface area contributed by atoms with Crippen molar-refractivity contribution in [2.75, 3.05) is 13.6 Å². The van der Waals surface area contributed by atoms with Crippen molar-refractivity contribution in [1.29, 1.82) is 0 Å². The number of benzene rings is 1. The zero-order valence-electron chi connectivity index (χ0n) is 11.3. The van der Waals surface area contributed by atoms with E-state index in [9.17, 15) is 8.42 Å². The van der Waals surface area contributed by atoms with Crippen LogP contribution in [0, 0.1) is 5.41 Å². The molecule has 0 saturated carbocycles. The van der Waals surface area contributed by atoms with Crippen molar-refractivity contribution in [3.05, 3.63) is 29.8 Å². The molecule has 0 aliphatic carbocycles. The minimum absolute atomic E-state index is 0.101. The number of aliphatic hydroxyl groups is 1. The lowest BCUT2D eigenvalue weighted by Gasteiger charge is -2.26. The summed E-state index contributed by atoms with van der Waals surface area (Å²) >= 11 is 0. The second-order valence-electron chi connectivity index (χ2n) is 5.63. The van der Waals surface area contributed by atoms with Crippen molar-refractivity contribution in [2.24, 2.45) is 5.41 Å². The largest absolute Gasteiger partial charge is 0.392 e. The van der Waals surface area contributed by atoms with Gasteiger partial charge in [0.05, 0.1) is 11.5 Å². The molecule has 1 aromatic rings. The van der Waals surface area contributed by atoms with Gasteiger partial charge in [-0.05, 0) is 23.1 Å². The summed E-state index contributed by atoms with van der Waals surface area (Å²) in [6.45, 7) is 6.25. The lowest BCUT2D eigenvalue weighted by Crippen LogP contribution is -2.34. The summed E-state index contributed by atoms with van der Waals surface area (Å²) in [6.07, 6.45) is 0. The molecule has 5 heteroatoms. The van der Waals surface area contributed by atoms with Crippen molar-refractivity contribution in [3.63, 3.8) is 0 Å². The van der Waals surface area contributed by atoms with Gasteiger partial charge >= 0.3 is 0 Å². The monoisotopic (exact) mass is 271 g/mol. The SMILES string of the molecule is CN(CC(C)(C)C)S(=O)(=O)c1cccc(CO)c1. The topological polar surface area (TPSA) is 57.6 Å². The number of aliphatic hydroxyl groups excluding tert-OH is 1. The van der Waals surface area contributed by atoms with Gasteiger partial charge in [0.1, 0.15) is 0 Å². The zero-order valence-corrected chi connectivity index (χ0v) is 12.2. The molecule has 1 rings (SSSR count). The molecule has 1 aromatic carbocycles. The second-order valence-corrected chi connectivity index (χ2v) is 7.67. The summed E-state index contributed by atoms with van der Waals surface area (Å²) in [5.74, 6) is 0. The third-order valence-electron chi connectivity index (χ3n) is 2.49. The van der Waals surface area contributed by atoms with E-state index in [1.54, 1.807) is 25.2 Å². The van der Waals surface area contributed by atoms with E-state index in [-0.39, 0.29) is 16.9 Å². The van der Waals surface area contributed by atoms with E-state index >= 15 is 0 Å². The molecule has 0 heterocycles. The number of hydrogen-bond acceptors (Lipinski definition) is 3. The maximum Gasteiger partial charge on any atom is 0.242 e. The summed E-state index contributed by atoms with van der Waals surface area (Å²) in [6, 6.07) is 6.40. The van der Waals surface area contributed by atoms with Crippen LogP contribution in [0.2, 0.25) is 0 Å². The van der Waals surface area contributed by atoms with Gasteiger partial charge < -0.3 is 5.11 Å². The van der Waals surface area contributed by atoms with Gasteiger partial charge in [0, 0.05) is 13.6 Å². The Morgan fingerprint density at radius 1 is 1.28 bits per heavy atom. The number of hydrogen-bond donors (Lipinski definition) is 1. The molecule has 0 aromatic heterocycles. The molecule has 0 radical (unpaired) electrons. The highest BCUT2D eigenvalue weighted by molar-refractivity contribution is 7.89. The Bertz CT molecular complexity index is 503. The predicted octanol–water partition coefficient (Wildman–Crippen LogP) is 1.85. The number of sulfonamides is 1. The van der Waals surface area contributed by atoms with Crippen LogP contribution in [0.1, 0.15) is 26.3 Å². The molecular formula is C13H21NO3S. The first-order valence-electron chi connectivity index (χ1n) is 5.83. The highest BCUT2D eigenvalue weighted by atomic mass is 32.2. The number of nitrogens with zero attached hydrogens (tertiary/aromatic N) is 1. The van der Waals surface area contributed by atoms with Crippen LogP contribution in [-0.4, -0.2) is 31.4 Å². The highest BCUT2D eigenvalue weighted by Gasteiger charge is 2.25. The Labute approximate surface area is 109 Å². The van der Waals surface area contributed by atoms with E-state index in [1.807, 2.05) is 20.8 Å². The minimum atomic E-state index is -3.48. The second kappa shape index (κ2) is 5.38. The van der Waals surface area contributed by atoms with Crippen molar-refractivity contribution in [3.8, 4) is 0 Å². The van der Waals surface area contributed by atoms with Gasteiger partial charge in [0.2, 0.25) is 10.0 Å². The predicted molar refractivity (Wildman–Crippen MR) is 71.6 cm³/mol. The quantitative estimate of drug-likeness (QED) is 0.909. The van der Waals surface area contributed by atoms with E-state index in [1.165, 1.54) is 10.4 Å². The third-order valence-corrected chi connectivity index (χ3v) is 4.29. The highest BCUT2D eigenvalue weighted by Crippen LogP contribution is 2.21. The number of rotatable bonds is 4. The van der Waals surface area contributed by atoms with Gasteiger partial charge in [-0.2, -0.15) is 0 Å². The molecule has 0 aliphatic rings. The Hall–Kier alpha value is -0.910. The first-order chi connectivity index (χ1) is 8.16. The molecule has 0 bridgehead atoms. The molecule has 102 valence electrons. The normalized spacial score (nSPS) is 13.0. The van der Waals surface area contributed by atoms with Crippen molar-refractivity contribution in [1.82, 2.24) is 4.31 Å². The summed E-state index contributed by atoms with van der Waals surface area (Å²) in [5.41, 5.74) is 0.497. The molecule has 0 atom stereocenters. The van der Waals surface area contributed by atoms with Crippen LogP contribution in [-0.2, 0) is 16.6 Å². The summed E-state index contributed by atoms with van der Waals surface area (Å²) in [5, 5.41) is 9.04. The van der Waals surface area contributed by atoms with E-state index in [0.29, 0.717) is 12.1 Å². The van der Waals surface area contributed by atoms with Gasteiger partial charge in [-0.1, -0.05) is 32.9 Å². The van der Waals surface area contributed by atoms with Crippen LogP contribution in [0.15, 0.2) is 29.2 Å². The Morgan fingerprint density at radius 3 is 2.39 bits per heavy atom. The van der Waals surface area contributed by atoms with Crippen LogP contribution in [0.25, 0.3) is 0 Å². The first-order valence-corrected chi connectivity index (χ1v) is 7.27. The molecule has 1 N–H and O–H groups in total. The van der Waals surface area contributed by atoms with Gasteiger partial charge in [-0.3, -0.25) is 0 Å². The summed E-state index contributed by atoms with van der Waals surface area (Å²) in [4.78, 5) is 0.223. The fourth-order valence-corrected chi connectivity index (χ4v) is 3.21. The molecule has 18 heavy (non-hydrogen) atoms. The molecular weight excluding hydrogens is 250 g/mol. The molecule has 0 aliphatic heterocycles. The van der Waals surface area contributed by atoms with E-state index in [0.717, 1.165) is 0 Å². The smallest absolute Gasteiger partial charge is 0.242 e. The van der Waals surface area contributed by atoms with Gasteiger partial charge in [0.25, 0.3) is 0 Å². The van der Waals surface area contributed by atoms with Crippen LogP contribution >= 0.6 is 0 Å². The maximum atomic E-state index is 12.3. The summed E-state index contributed by atoms with van der Waals surface area (Å²) in [7, 11) is -1.91. The van der Waals surface area contributed by atoms with Crippen LogP contribution in [0.3, 0.4) is 0 Å². The standard InChI is InChI=1S/C13H21NO3S/c1-13(2,3)10-14(4)18(16,17)12-7-5-6-11(8-12)9-15/h5-8,15H,9-10H2,1-4H3. The lowest BCUT2D eigenvalue weighted by molar-refractivity contribution is 0.281. The lowest BCUT2D eigenvalue weighted by atomic mass is 9.97. The van der Waals surface area contributed by atoms with E-state index in [2.05, 4.69) is 0 Å². The third kappa shape index (κ3) is 3.80. The summed E-state index contributed by atoms with van der Waals surface area (Å²) < 4.78 is 26.0. The van der Waals surface area contributed by atoms with Gasteiger partial charge in [0.15, 0.2) is 0 Å². The van der Waals surface area contributed by atoms with Crippen molar-refractivity contribution in [2.45, 2.75) is 32.3 Å². The molecule has 0 spiro atoms. The molecule has 0 fully saturated rings. The van der Waals surface area contributed by atoms with E-state index < -0.39 is 10.0 Å². The van der Waals surface area contributed by atoms with E-state index in [4.69, 9.17) is 5.11 Å². The van der Waals surface area contributed by atoms with Crippen LogP contribution < -0.4 is 0 Å². The zero-order chi connectivity index (χ0) is 14.0. The fourth-order valence-electron chi connectivity index (χ4n) is 1.74. The Kier molecular flexibility index (Phi) is 4.53. The fraction of sp³-hybridized carbons (Fsp3) is 0.538. The average molecular weight is 271 g/mol.